The lowest BCUT2D eigenvalue weighted by Gasteiger charge is -2.42. The number of ether oxygens (including phenoxy) is 1. The lowest BCUT2D eigenvalue weighted by molar-refractivity contribution is 0.0630. The molecule has 0 unspecified atom stereocenters. The molecular formula is C12H17N3O3. The van der Waals surface area contributed by atoms with Crippen LogP contribution in [-0.2, 0) is 4.74 Å². The molecule has 18 heavy (non-hydrogen) atoms. The van der Waals surface area contributed by atoms with Crippen molar-refractivity contribution < 1.29 is 14.6 Å². The molecule has 6 heteroatoms. The monoisotopic (exact) mass is 251 g/mol. The summed E-state index contributed by atoms with van der Waals surface area (Å²) in [4.78, 5) is 21.5. The second-order valence-electron chi connectivity index (χ2n) is 5.02. The number of aromatic nitrogens is 2. The fraction of sp³-hybridized carbons (Fsp3) is 0.583. The van der Waals surface area contributed by atoms with E-state index in [4.69, 9.17) is 9.84 Å². The highest BCUT2D eigenvalue weighted by molar-refractivity contribution is 5.85. The number of morpholine rings is 1. The van der Waals surface area contributed by atoms with Crippen LogP contribution in [0, 0.1) is 6.92 Å². The van der Waals surface area contributed by atoms with Crippen molar-refractivity contribution >= 4 is 11.9 Å². The molecule has 1 saturated heterocycles. The van der Waals surface area contributed by atoms with Gasteiger partial charge in [-0.05, 0) is 26.8 Å². The molecule has 1 aromatic rings. The highest BCUT2D eigenvalue weighted by atomic mass is 16.5. The van der Waals surface area contributed by atoms with Crippen LogP contribution in [0.5, 0.6) is 0 Å². The van der Waals surface area contributed by atoms with Gasteiger partial charge in [0.1, 0.15) is 0 Å². The minimum absolute atomic E-state index is 0.0276. The highest BCUT2D eigenvalue weighted by Gasteiger charge is 2.32. The van der Waals surface area contributed by atoms with Crippen LogP contribution < -0.4 is 4.90 Å². The molecule has 1 aliphatic heterocycles. The van der Waals surface area contributed by atoms with Crippen molar-refractivity contribution in [2.45, 2.75) is 26.3 Å². The van der Waals surface area contributed by atoms with Gasteiger partial charge in [-0.1, -0.05) is 0 Å². The molecule has 0 bridgehead atoms. The number of hydrogen-bond acceptors (Lipinski definition) is 5. The maximum atomic E-state index is 11.0. The molecule has 1 N–H and O–H groups in total. The molecule has 0 aromatic carbocycles. The molecule has 6 nitrogen and oxygen atoms in total. The second kappa shape index (κ2) is 4.53. The summed E-state index contributed by atoms with van der Waals surface area (Å²) >= 11 is 0. The van der Waals surface area contributed by atoms with Gasteiger partial charge < -0.3 is 14.7 Å². The molecule has 0 atom stereocenters. The first-order chi connectivity index (χ1) is 8.40. The molecule has 1 aromatic heterocycles. The van der Waals surface area contributed by atoms with Crippen LogP contribution in [0.15, 0.2) is 6.07 Å². The fourth-order valence-electron chi connectivity index (χ4n) is 2.01. The summed E-state index contributed by atoms with van der Waals surface area (Å²) in [6.45, 7) is 7.66. The molecule has 1 fully saturated rings. The van der Waals surface area contributed by atoms with Gasteiger partial charge in [-0.3, -0.25) is 0 Å². The molecule has 0 saturated carbocycles. The second-order valence-corrected chi connectivity index (χ2v) is 5.02. The van der Waals surface area contributed by atoms with E-state index >= 15 is 0 Å². The Kier molecular flexibility index (Phi) is 3.21. The van der Waals surface area contributed by atoms with Crippen LogP contribution in [0.25, 0.3) is 0 Å². The summed E-state index contributed by atoms with van der Waals surface area (Å²) in [7, 11) is 0. The number of carboxylic acids is 1. The van der Waals surface area contributed by atoms with Crippen LogP contribution in [0.4, 0.5) is 5.95 Å². The minimum Gasteiger partial charge on any atom is -0.477 e. The maximum absolute atomic E-state index is 11.0. The van der Waals surface area contributed by atoms with Gasteiger partial charge in [-0.25, -0.2) is 14.8 Å². The molecule has 0 radical (unpaired) electrons. The summed E-state index contributed by atoms with van der Waals surface area (Å²) in [5.74, 6) is -0.575. The van der Waals surface area contributed by atoms with E-state index in [1.807, 2.05) is 18.7 Å². The van der Waals surface area contributed by atoms with Crippen LogP contribution in [0.1, 0.15) is 30.0 Å². The van der Waals surface area contributed by atoms with Crippen LogP contribution in [0.2, 0.25) is 0 Å². The number of aromatic carboxylic acids is 1. The first-order valence-electron chi connectivity index (χ1n) is 5.84. The van der Waals surface area contributed by atoms with Gasteiger partial charge in [-0.15, -0.1) is 0 Å². The third kappa shape index (κ3) is 2.43. The molecule has 0 amide bonds. The number of hydrogen-bond donors (Lipinski definition) is 1. The lowest BCUT2D eigenvalue weighted by atomic mass is 10.0. The molecule has 0 spiro atoms. The molecular weight excluding hydrogens is 234 g/mol. The van der Waals surface area contributed by atoms with E-state index in [9.17, 15) is 4.79 Å². The number of rotatable bonds is 2. The Bertz CT molecular complexity index is 474. The van der Waals surface area contributed by atoms with Gasteiger partial charge in [-0.2, -0.15) is 0 Å². The van der Waals surface area contributed by atoms with E-state index in [-0.39, 0.29) is 11.2 Å². The van der Waals surface area contributed by atoms with Gasteiger partial charge in [0.15, 0.2) is 5.69 Å². The zero-order valence-corrected chi connectivity index (χ0v) is 10.8. The molecule has 2 heterocycles. The largest absolute Gasteiger partial charge is 0.477 e. The predicted molar refractivity (Wildman–Crippen MR) is 66.0 cm³/mol. The molecule has 2 rings (SSSR count). The Morgan fingerprint density at radius 3 is 2.83 bits per heavy atom. The van der Waals surface area contributed by atoms with E-state index < -0.39 is 5.97 Å². The highest BCUT2D eigenvalue weighted by Crippen LogP contribution is 2.24. The third-order valence-corrected chi connectivity index (χ3v) is 2.95. The van der Waals surface area contributed by atoms with Gasteiger partial charge in [0.25, 0.3) is 0 Å². The van der Waals surface area contributed by atoms with E-state index in [1.165, 1.54) is 6.07 Å². The number of nitrogens with zero attached hydrogens (tertiary/aromatic N) is 3. The van der Waals surface area contributed by atoms with Crippen LogP contribution in [0.3, 0.4) is 0 Å². The smallest absolute Gasteiger partial charge is 0.354 e. The van der Waals surface area contributed by atoms with Gasteiger partial charge in [0.2, 0.25) is 5.95 Å². The van der Waals surface area contributed by atoms with Crippen molar-refractivity contribution in [3.63, 3.8) is 0 Å². The zero-order valence-electron chi connectivity index (χ0n) is 10.8. The van der Waals surface area contributed by atoms with E-state index in [1.54, 1.807) is 6.92 Å². The predicted octanol–water partition coefficient (Wildman–Crippen LogP) is 1.10. The first-order valence-corrected chi connectivity index (χ1v) is 5.84. The molecule has 98 valence electrons. The van der Waals surface area contributed by atoms with Crippen molar-refractivity contribution in [2.75, 3.05) is 24.7 Å². The van der Waals surface area contributed by atoms with E-state index in [0.717, 1.165) is 0 Å². The Labute approximate surface area is 106 Å². The van der Waals surface area contributed by atoms with Crippen molar-refractivity contribution in [1.29, 1.82) is 0 Å². The summed E-state index contributed by atoms with van der Waals surface area (Å²) in [6.07, 6.45) is 0. The van der Waals surface area contributed by atoms with Crippen LogP contribution >= 0.6 is 0 Å². The third-order valence-electron chi connectivity index (χ3n) is 2.95. The molecule has 1 aliphatic rings. The zero-order chi connectivity index (χ0) is 13.3. The van der Waals surface area contributed by atoms with Crippen LogP contribution in [-0.4, -0.2) is 46.3 Å². The van der Waals surface area contributed by atoms with Gasteiger partial charge in [0, 0.05) is 12.2 Å². The Morgan fingerprint density at radius 1 is 1.50 bits per heavy atom. The fourth-order valence-corrected chi connectivity index (χ4v) is 2.01. The minimum atomic E-state index is -1.03. The van der Waals surface area contributed by atoms with Crippen molar-refractivity contribution in [3.05, 3.63) is 17.5 Å². The Morgan fingerprint density at radius 2 is 2.22 bits per heavy atom. The maximum Gasteiger partial charge on any atom is 0.354 e. The normalized spacial score (nSPS) is 18.7. The first kappa shape index (κ1) is 12.8. The number of carboxylic acid groups (broad SMARTS) is 1. The average molecular weight is 251 g/mol. The van der Waals surface area contributed by atoms with E-state index in [2.05, 4.69) is 9.97 Å². The summed E-state index contributed by atoms with van der Waals surface area (Å²) in [5.41, 5.74) is 0.446. The quantitative estimate of drug-likeness (QED) is 0.848. The number of aryl methyl sites for hydroxylation is 1. The lowest BCUT2D eigenvalue weighted by Crippen LogP contribution is -2.54. The Hall–Kier alpha value is -1.69. The average Bonchev–Trinajstić information content (AvgIpc) is 2.27. The van der Waals surface area contributed by atoms with E-state index in [0.29, 0.717) is 31.4 Å². The topological polar surface area (TPSA) is 75.5 Å². The molecule has 0 aliphatic carbocycles. The number of carbonyl (C=O) groups is 1. The SMILES string of the molecule is Cc1cc(C(=O)O)nc(N2CCOCC2(C)C)n1. The van der Waals surface area contributed by atoms with Crippen molar-refractivity contribution in [2.24, 2.45) is 0 Å². The van der Waals surface area contributed by atoms with Gasteiger partial charge in [0.05, 0.1) is 18.8 Å². The van der Waals surface area contributed by atoms with Crippen molar-refractivity contribution in [3.8, 4) is 0 Å². The Balaban J connectivity index is 2.40. The van der Waals surface area contributed by atoms with Gasteiger partial charge >= 0.3 is 5.97 Å². The summed E-state index contributed by atoms with van der Waals surface area (Å²) in [5, 5.41) is 9.03. The summed E-state index contributed by atoms with van der Waals surface area (Å²) in [6, 6.07) is 1.47. The summed E-state index contributed by atoms with van der Waals surface area (Å²) < 4.78 is 5.43. The number of anilines is 1. The standard InChI is InChI=1S/C12H17N3O3/c1-8-6-9(10(16)17)14-11(13-8)15-4-5-18-7-12(15,2)3/h6H,4-5,7H2,1-3H3,(H,16,17). The van der Waals surface area contributed by atoms with Crippen molar-refractivity contribution in [1.82, 2.24) is 9.97 Å².